The molecular weight excluding hydrogens is 253 g/mol. The van der Waals surface area contributed by atoms with Crippen LogP contribution in [0, 0.1) is 7.43 Å². The van der Waals surface area contributed by atoms with Crippen molar-refractivity contribution in [2.24, 2.45) is 0 Å². The van der Waals surface area contributed by atoms with Crippen LogP contribution in [0.3, 0.4) is 0 Å². The summed E-state index contributed by atoms with van der Waals surface area (Å²) in [5.41, 5.74) is 0.377. The molecule has 3 heteroatoms. The van der Waals surface area contributed by atoms with Gasteiger partial charge in [0.1, 0.15) is 5.75 Å². The number of para-hydroxylation sites is 1. The van der Waals surface area contributed by atoms with Gasteiger partial charge in [-0.15, -0.1) is 0 Å². The van der Waals surface area contributed by atoms with E-state index in [0.717, 1.165) is 0 Å². The minimum atomic E-state index is -0.113. The van der Waals surface area contributed by atoms with Crippen LogP contribution in [-0.2, 0) is 32.7 Å². The number of hydrogen-bond donors (Lipinski definition) is 1. The predicted octanol–water partition coefficient (Wildman–Crippen LogP) is 3.07. The molecule has 0 atom stereocenters. The topological polar surface area (TPSA) is 37.3 Å². The van der Waals surface area contributed by atoms with Crippen LogP contribution in [-0.4, -0.2) is 10.9 Å². The predicted molar refractivity (Wildman–Crippen MR) is 55.9 cm³/mol. The molecule has 0 aromatic heterocycles. The van der Waals surface area contributed by atoms with E-state index in [2.05, 4.69) is 0 Å². The van der Waals surface area contributed by atoms with E-state index in [0.29, 0.717) is 5.56 Å². The molecule has 0 aliphatic carbocycles. The summed E-state index contributed by atoms with van der Waals surface area (Å²) >= 11 is 0. The maximum Gasteiger partial charge on any atom is 0.163 e. The van der Waals surface area contributed by atoms with Crippen molar-refractivity contribution in [1.82, 2.24) is 0 Å². The Balaban J connectivity index is -0.000000284. The molecule has 0 aliphatic heterocycles. The average Bonchev–Trinajstić information content (AvgIpc) is 2.08. The number of phenols is 1. The number of hydrogen-bond acceptors (Lipinski definition) is 2. The molecule has 0 aliphatic rings. The minimum Gasteiger partial charge on any atom is -0.507 e. The monoisotopic (exact) mass is 270 g/mol. The Morgan fingerprint density at radius 1 is 1.21 bits per heavy atom. The van der Waals surface area contributed by atoms with Gasteiger partial charge in [-0.2, -0.15) is 0 Å². The van der Waals surface area contributed by atoms with Crippen LogP contribution in [0.15, 0.2) is 24.3 Å². The standard InChI is InChI=1S/C8H8O2.C2H6.CH3.Y/c1-6(9)7-4-2-3-5-8(7)10;1-2;;/h2-5,10H,1H3;1-2H3;1H3;/q;;-1;. The van der Waals surface area contributed by atoms with Gasteiger partial charge in [0.15, 0.2) is 5.78 Å². The summed E-state index contributed by atoms with van der Waals surface area (Å²) in [5, 5.41) is 9.06. The van der Waals surface area contributed by atoms with Crippen LogP contribution in [0.4, 0.5) is 0 Å². The molecule has 1 rings (SSSR count). The molecule has 0 bridgehead atoms. The van der Waals surface area contributed by atoms with Gasteiger partial charge in [-0.05, 0) is 19.1 Å². The fourth-order valence-corrected chi connectivity index (χ4v) is 0.771. The number of ketones is 1. The molecule has 1 aromatic carbocycles. The molecule has 1 N–H and O–H groups in total. The molecule has 0 unspecified atom stereocenters. The number of benzene rings is 1. The average molecular weight is 270 g/mol. The fourth-order valence-electron chi connectivity index (χ4n) is 0.771. The Morgan fingerprint density at radius 3 is 1.93 bits per heavy atom. The number of aromatic hydroxyl groups is 1. The third-order valence-electron chi connectivity index (χ3n) is 1.28. The van der Waals surface area contributed by atoms with Crippen LogP contribution >= 0.6 is 0 Å². The van der Waals surface area contributed by atoms with Gasteiger partial charge in [-0.25, -0.2) is 0 Å². The van der Waals surface area contributed by atoms with E-state index in [4.69, 9.17) is 5.11 Å². The zero-order valence-corrected chi connectivity index (χ0v) is 12.1. The first-order valence-corrected chi connectivity index (χ1v) is 4.01. The summed E-state index contributed by atoms with van der Waals surface area (Å²) in [6.07, 6.45) is 0. The summed E-state index contributed by atoms with van der Waals surface area (Å²) in [7, 11) is 0. The van der Waals surface area contributed by atoms with Gasteiger partial charge < -0.3 is 12.5 Å². The van der Waals surface area contributed by atoms with E-state index < -0.39 is 0 Å². The summed E-state index contributed by atoms with van der Waals surface area (Å²) in [6, 6.07) is 6.49. The van der Waals surface area contributed by atoms with E-state index in [1.54, 1.807) is 18.2 Å². The molecule has 14 heavy (non-hydrogen) atoms. The van der Waals surface area contributed by atoms with Gasteiger partial charge in [0.05, 0.1) is 5.56 Å². The van der Waals surface area contributed by atoms with Crippen molar-refractivity contribution in [2.45, 2.75) is 20.8 Å². The van der Waals surface area contributed by atoms with Gasteiger partial charge >= 0.3 is 0 Å². The maximum atomic E-state index is 10.7. The maximum absolute atomic E-state index is 10.7. The second-order valence-electron chi connectivity index (χ2n) is 2.07. The second-order valence-corrected chi connectivity index (χ2v) is 2.07. The molecule has 0 spiro atoms. The molecular formula is C11H17O2Y-. The molecule has 1 radical (unpaired) electrons. The van der Waals surface area contributed by atoms with Crippen LogP contribution in [0.2, 0.25) is 0 Å². The molecule has 2 nitrogen and oxygen atoms in total. The summed E-state index contributed by atoms with van der Waals surface area (Å²) in [6.45, 7) is 5.43. The van der Waals surface area contributed by atoms with Crippen molar-refractivity contribution in [3.05, 3.63) is 37.3 Å². The Bertz CT molecular complexity index is 259. The van der Waals surface area contributed by atoms with Gasteiger partial charge in [0, 0.05) is 32.7 Å². The van der Waals surface area contributed by atoms with E-state index in [-0.39, 0.29) is 51.7 Å². The van der Waals surface area contributed by atoms with Crippen molar-refractivity contribution in [3.63, 3.8) is 0 Å². The number of Topliss-reactive ketones (excluding diaryl/α,β-unsaturated/α-hetero) is 1. The van der Waals surface area contributed by atoms with Crippen LogP contribution in [0.5, 0.6) is 5.75 Å². The zero-order valence-electron chi connectivity index (χ0n) is 9.24. The van der Waals surface area contributed by atoms with Crippen molar-refractivity contribution < 1.29 is 42.6 Å². The Kier molecular flexibility index (Phi) is 15.0. The zero-order chi connectivity index (χ0) is 9.56. The van der Waals surface area contributed by atoms with Crippen molar-refractivity contribution >= 4 is 5.78 Å². The van der Waals surface area contributed by atoms with E-state index in [1.807, 2.05) is 13.8 Å². The summed E-state index contributed by atoms with van der Waals surface area (Å²) in [4.78, 5) is 10.7. The number of carbonyl (C=O) groups excluding carboxylic acids is 1. The van der Waals surface area contributed by atoms with Gasteiger partial charge in [0.2, 0.25) is 0 Å². The first kappa shape index (κ1) is 19.4. The van der Waals surface area contributed by atoms with Gasteiger partial charge in [0.25, 0.3) is 0 Å². The third kappa shape index (κ3) is 6.28. The quantitative estimate of drug-likeness (QED) is 0.629. The first-order chi connectivity index (χ1) is 5.72. The number of phenolic OH excluding ortho intramolecular Hbond substituents is 1. The molecule has 77 valence electrons. The van der Waals surface area contributed by atoms with Crippen LogP contribution < -0.4 is 0 Å². The molecule has 0 saturated heterocycles. The van der Waals surface area contributed by atoms with Crippen LogP contribution in [0.1, 0.15) is 31.1 Å². The van der Waals surface area contributed by atoms with E-state index in [1.165, 1.54) is 13.0 Å². The first-order valence-electron chi connectivity index (χ1n) is 4.01. The summed E-state index contributed by atoms with van der Waals surface area (Å²) < 4.78 is 0. The SMILES string of the molecule is CC.CC(=O)c1ccccc1O.[CH3-].[Y]. The number of carbonyl (C=O) groups is 1. The Hall–Kier alpha value is -0.206. The van der Waals surface area contributed by atoms with Crippen molar-refractivity contribution in [3.8, 4) is 5.75 Å². The van der Waals surface area contributed by atoms with E-state index in [9.17, 15) is 4.79 Å². The molecule has 0 saturated carbocycles. The fraction of sp³-hybridized carbons (Fsp3) is 0.273. The second kappa shape index (κ2) is 10.9. The minimum absolute atomic E-state index is 0. The number of rotatable bonds is 1. The molecule has 0 fully saturated rings. The summed E-state index contributed by atoms with van der Waals surface area (Å²) in [5.74, 6) is -0.0619. The Labute approximate surface area is 112 Å². The largest absolute Gasteiger partial charge is 0.507 e. The van der Waals surface area contributed by atoms with E-state index >= 15 is 0 Å². The normalized spacial score (nSPS) is 7.07. The molecule has 0 heterocycles. The third-order valence-corrected chi connectivity index (χ3v) is 1.28. The smallest absolute Gasteiger partial charge is 0.163 e. The molecule has 0 amide bonds. The van der Waals surface area contributed by atoms with Crippen molar-refractivity contribution in [2.75, 3.05) is 0 Å². The Morgan fingerprint density at radius 2 is 1.64 bits per heavy atom. The van der Waals surface area contributed by atoms with Crippen molar-refractivity contribution in [1.29, 1.82) is 0 Å². The van der Waals surface area contributed by atoms with Gasteiger partial charge in [-0.3, -0.25) is 4.79 Å². The van der Waals surface area contributed by atoms with Crippen LogP contribution in [0.25, 0.3) is 0 Å². The molecule has 1 aromatic rings. The van der Waals surface area contributed by atoms with Gasteiger partial charge in [-0.1, -0.05) is 26.0 Å².